The molecule has 9 nitrogen and oxygen atoms in total. The van der Waals surface area contributed by atoms with Gasteiger partial charge in [0, 0.05) is 43.6 Å². The Kier molecular flexibility index (Phi) is 11.8. The Bertz CT molecular complexity index is 1320. The molecule has 0 atom stereocenters. The molecule has 4 rings (SSSR count). The molecule has 1 saturated heterocycles. The Morgan fingerprint density at radius 3 is 2.41 bits per heavy atom. The molecule has 1 saturated carbocycles. The number of anilines is 1. The maximum atomic E-state index is 13.3. The molecule has 2 aliphatic heterocycles. The third kappa shape index (κ3) is 8.14. The number of rotatable bonds is 13. The zero-order chi connectivity index (χ0) is 31.9. The fourth-order valence-electron chi connectivity index (χ4n) is 6.79. The lowest BCUT2D eigenvalue weighted by Gasteiger charge is -2.34. The highest BCUT2D eigenvalue weighted by atomic mass is 32.2. The average molecular weight is 633 g/mol. The number of halogens is 1. The Morgan fingerprint density at radius 2 is 1.82 bits per heavy atom. The zero-order valence-corrected chi connectivity index (χ0v) is 27.6. The predicted molar refractivity (Wildman–Crippen MR) is 173 cm³/mol. The number of hydrogen-bond acceptors (Lipinski definition) is 6. The van der Waals surface area contributed by atoms with E-state index in [2.05, 4.69) is 12.2 Å². The van der Waals surface area contributed by atoms with Gasteiger partial charge in [0.15, 0.2) is 0 Å². The molecule has 11 heteroatoms. The first-order valence-electron chi connectivity index (χ1n) is 16.1. The summed E-state index contributed by atoms with van der Waals surface area (Å²) in [6, 6.07) is 3.68. The van der Waals surface area contributed by atoms with Gasteiger partial charge in [-0.2, -0.15) is 4.31 Å². The Labute approximate surface area is 262 Å². The number of carbonyl (C=O) groups is 2. The molecule has 2 amide bonds. The second-order valence-electron chi connectivity index (χ2n) is 12.6. The van der Waals surface area contributed by atoms with Gasteiger partial charge in [0.25, 0.3) is 5.91 Å². The number of amidine groups is 1. The van der Waals surface area contributed by atoms with Gasteiger partial charge in [0.05, 0.1) is 13.2 Å². The number of alkyl halides is 1. The minimum atomic E-state index is -3.72. The first kappa shape index (κ1) is 34.2. The van der Waals surface area contributed by atoms with Crippen LogP contribution >= 0.6 is 0 Å². The Balaban J connectivity index is 1.38. The normalized spacial score (nSPS) is 22.4. The van der Waals surface area contributed by atoms with Crippen LogP contribution in [0.1, 0.15) is 88.3 Å². The van der Waals surface area contributed by atoms with Gasteiger partial charge in [-0.1, -0.05) is 26.2 Å². The van der Waals surface area contributed by atoms with Crippen LogP contribution in [0.15, 0.2) is 22.5 Å². The van der Waals surface area contributed by atoms with E-state index in [0.717, 1.165) is 41.3 Å². The van der Waals surface area contributed by atoms with Crippen molar-refractivity contribution < 1.29 is 27.1 Å². The van der Waals surface area contributed by atoms with E-state index >= 15 is 0 Å². The minimum Gasteiger partial charge on any atom is -0.377 e. The molecule has 2 heterocycles. The number of nitrogens with zero attached hydrogens (tertiary/aromatic N) is 3. The van der Waals surface area contributed by atoms with Crippen LogP contribution in [0.3, 0.4) is 0 Å². The molecule has 1 aromatic rings. The molecule has 244 valence electrons. The molecule has 3 aliphatic rings. The molecule has 0 bridgehead atoms. The number of piperidine rings is 1. The van der Waals surface area contributed by atoms with Crippen molar-refractivity contribution in [3.63, 3.8) is 0 Å². The second kappa shape index (κ2) is 15.1. The van der Waals surface area contributed by atoms with Crippen molar-refractivity contribution in [1.29, 1.82) is 0 Å². The van der Waals surface area contributed by atoms with Crippen LogP contribution in [0.4, 0.5) is 10.1 Å². The van der Waals surface area contributed by atoms with Gasteiger partial charge in [-0.25, -0.2) is 12.8 Å². The molecule has 1 spiro atoms. The maximum Gasteiger partial charge on any atom is 0.253 e. The Hall–Kier alpha value is -2.63. The van der Waals surface area contributed by atoms with E-state index in [1.165, 1.54) is 48.7 Å². The van der Waals surface area contributed by atoms with Crippen molar-refractivity contribution in [2.45, 2.75) is 91.0 Å². The lowest BCUT2D eigenvalue weighted by Crippen LogP contribution is -2.50. The van der Waals surface area contributed by atoms with Gasteiger partial charge in [-0.05, 0) is 93.2 Å². The van der Waals surface area contributed by atoms with E-state index in [-0.39, 0.29) is 50.6 Å². The zero-order valence-electron chi connectivity index (χ0n) is 26.7. The summed E-state index contributed by atoms with van der Waals surface area (Å²) in [5, 5.41) is 4.30. The summed E-state index contributed by atoms with van der Waals surface area (Å²) in [6.07, 6.45) is 10.6. The second-order valence-corrected chi connectivity index (χ2v) is 14.4. The maximum absolute atomic E-state index is 13.3. The third-order valence-electron chi connectivity index (χ3n) is 9.47. The fourth-order valence-corrected chi connectivity index (χ4v) is 7.97. The van der Waals surface area contributed by atoms with Gasteiger partial charge in [-0.3, -0.25) is 14.6 Å². The number of carbonyl (C=O) groups excluding carboxylic acids is 2. The van der Waals surface area contributed by atoms with Crippen molar-refractivity contribution >= 4 is 39.4 Å². The minimum absolute atomic E-state index is 0.0124. The van der Waals surface area contributed by atoms with Crippen molar-refractivity contribution in [3.05, 3.63) is 34.2 Å². The highest BCUT2D eigenvalue weighted by Crippen LogP contribution is 2.37. The summed E-state index contributed by atoms with van der Waals surface area (Å²) >= 11 is 0. The van der Waals surface area contributed by atoms with E-state index in [1.54, 1.807) is 11.0 Å². The molecule has 1 aromatic carbocycles. The summed E-state index contributed by atoms with van der Waals surface area (Å²) in [6.45, 7) is 7.81. The molecular weight excluding hydrogens is 583 g/mol. The van der Waals surface area contributed by atoms with E-state index in [1.807, 2.05) is 26.0 Å². The van der Waals surface area contributed by atoms with Crippen LogP contribution in [-0.4, -0.2) is 75.4 Å². The number of benzene rings is 1. The summed E-state index contributed by atoms with van der Waals surface area (Å²) < 4.78 is 45.6. The van der Waals surface area contributed by atoms with Crippen LogP contribution in [0.5, 0.6) is 0 Å². The number of aryl methyl sites for hydroxylation is 2. The number of nitrogens with one attached hydrogen (secondary N) is 1. The van der Waals surface area contributed by atoms with E-state index < -0.39 is 22.2 Å². The molecule has 44 heavy (non-hydrogen) atoms. The summed E-state index contributed by atoms with van der Waals surface area (Å²) in [5.41, 5.74) is 2.22. The fraction of sp³-hybridized carbons (Fsp3) is 0.667. The van der Waals surface area contributed by atoms with Gasteiger partial charge in [0.2, 0.25) is 15.9 Å². The van der Waals surface area contributed by atoms with Gasteiger partial charge >= 0.3 is 0 Å². The van der Waals surface area contributed by atoms with Crippen LogP contribution in [0, 0.1) is 25.7 Å². The smallest absolute Gasteiger partial charge is 0.253 e. The number of amides is 2. The lowest BCUT2D eigenvalue weighted by atomic mass is 9.79. The lowest BCUT2D eigenvalue weighted by molar-refractivity contribution is -0.125. The number of ether oxygens (including phenoxy) is 1. The first-order valence-corrected chi connectivity index (χ1v) is 17.6. The number of sulfonamides is 1. The van der Waals surface area contributed by atoms with Gasteiger partial charge in [0.1, 0.15) is 18.0 Å². The molecular formula is C33H49FN4O5S. The van der Waals surface area contributed by atoms with Gasteiger partial charge in [-0.15, -0.1) is 0 Å². The molecule has 2 fully saturated rings. The SMILES string of the molecule is CCCCC1CCC(C2=NC3(CCN(S(=O)(=O)C=Cc4c(C)cc(N(CCOCCF)C(C)=O)cc4C)CC3)C(=O)N2)CC1. The number of hydrogen-bond donors (Lipinski definition) is 1. The Morgan fingerprint density at radius 1 is 1.16 bits per heavy atom. The third-order valence-corrected chi connectivity index (χ3v) is 11.0. The average Bonchev–Trinajstić information content (AvgIpc) is 3.30. The van der Waals surface area contributed by atoms with Crippen LogP contribution in [0.2, 0.25) is 0 Å². The molecule has 1 N–H and O–H groups in total. The van der Waals surface area contributed by atoms with Crippen molar-refractivity contribution in [1.82, 2.24) is 9.62 Å². The highest BCUT2D eigenvalue weighted by molar-refractivity contribution is 7.92. The first-order chi connectivity index (χ1) is 21.0. The van der Waals surface area contributed by atoms with Crippen molar-refractivity contribution in [2.75, 3.05) is 44.4 Å². The molecule has 0 radical (unpaired) electrons. The van der Waals surface area contributed by atoms with Crippen LogP contribution in [-0.2, 0) is 24.3 Å². The quantitative estimate of drug-likeness (QED) is 0.297. The highest BCUT2D eigenvalue weighted by Gasteiger charge is 2.48. The topological polar surface area (TPSA) is 108 Å². The summed E-state index contributed by atoms with van der Waals surface area (Å²) in [7, 11) is -3.72. The van der Waals surface area contributed by atoms with E-state index in [9.17, 15) is 22.4 Å². The predicted octanol–water partition coefficient (Wildman–Crippen LogP) is 5.30. The van der Waals surface area contributed by atoms with Crippen LogP contribution < -0.4 is 10.2 Å². The van der Waals surface area contributed by atoms with Gasteiger partial charge < -0.3 is 15.0 Å². The summed E-state index contributed by atoms with van der Waals surface area (Å²) in [4.78, 5) is 31.9. The molecule has 0 unspecified atom stereocenters. The molecule has 1 aliphatic carbocycles. The standard InChI is InChI=1S/C33H49FN4O5S/c1-5-6-7-27-8-10-28(11-9-27)31-35-32(40)33(36-31)13-16-37(17-14-33)44(41,42)21-12-30-24(2)22-29(23-25(30)3)38(26(4)39)18-20-43-19-15-34/h12,21-23,27-28H,5-11,13-20H2,1-4H3,(H,35,36,40). The molecule has 0 aromatic heterocycles. The van der Waals surface area contributed by atoms with Crippen molar-refractivity contribution in [3.8, 4) is 0 Å². The van der Waals surface area contributed by atoms with Crippen LogP contribution in [0.25, 0.3) is 6.08 Å². The van der Waals surface area contributed by atoms with E-state index in [0.29, 0.717) is 18.5 Å². The monoisotopic (exact) mass is 632 g/mol. The van der Waals surface area contributed by atoms with E-state index in [4.69, 9.17) is 9.73 Å². The largest absolute Gasteiger partial charge is 0.377 e. The summed E-state index contributed by atoms with van der Waals surface area (Å²) in [5.74, 6) is 1.62. The number of aliphatic imine (C=N–C) groups is 1. The number of unbranched alkanes of at least 4 members (excludes halogenated alkanes) is 1. The van der Waals surface area contributed by atoms with Crippen molar-refractivity contribution in [2.24, 2.45) is 16.8 Å².